The SMILES string of the molecule is COc1ccc2c(c1)NC(=O)CN2c1nc(N2CCOCC2)nc2c1CCC2. The van der Waals surface area contributed by atoms with Crippen LogP contribution in [0.4, 0.5) is 23.1 Å². The Morgan fingerprint density at radius 3 is 2.86 bits per heavy atom. The summed E-state index contributed by atoms with van der Waals surface area (Å²) in [4.78, 5) is 26.4. The third-order valence-corrected chi connectivity index (χ3v) is 5.52. The molecule has 1 saturated heterocycles. The molecule has 28 heavy (non-hydrogen) atoms. The Labute approximate surface area is 163 Å². The molecule has 146 valence electrons. The molecule has 1 aliphatic carbocycles. The van der Waals surface area contributed by atoms with E-state index in [9.17, 15) is 4.79 Å². The van der Waals surface area contributed by atoms with Crippen molar-refractivity contribution in [3.05, 3.63) is 29.5 Å². The molecule has 1 aromatic carbocycles. The first-order valence-corrected chi connectivity index (χ1v) is 9.71. The van der Waals surface area contributed by atoms with Crippen LogP contribution in [0.1, 0.15) is 17.7 Å². The van der Waals surface area contributed by atoms with Gasteiger partial charge < -0.3 is 24.6 Å². The molecule has 0 spiro atoms. The number of fused-ring (bicyclic) bond motifs is 2. The number of morpholine rings is 1. The summed E-state index contributed by atoms with van der Waals surface area (Å²) in [6.45, 7) is 3.18. The number of carbonyl (C=O) groups is 1. The molecule has 0 atom stereocenters. The number of ether oxygens (including phenoxy) is 2. The lowest BCUT2D eigenvalue weighted by Gasteiger charge is -2.33. The van der Waals surface area contributed by atoms with Crippen LogP contribution >= 0.6 is 0 Å². The lowest BCUT2D eigenvalue weighted by molar-refractivity contribution is -0.115. The Morgan fingerprint density at radius 1 is 1.18 bits per heavy atom. The van der Waals surface area contributed by atoms with Gasteiger partial charge in [0.1, 0.15) is 18.1 Å². The summed E-state index contributed by atoms with van der Waals surface area (Å²) in [5.74, 6) is 2.24. The number of rotatable bonds is 3. The molecule has 5 rings (SSSR count). The van der Waals surface area contributed by atoms with Gasteiger partial charge in [0, 0.05) is 24.7 Å². The van der Waals surface area contributed by atoms with E-state index >= 15 is 0 Å². The number of hydrogen-bond acceptors (Lipinski definition) is 7. The molecule has 1 N–H and O–H groups in total. The molecule has 3 aliphatic rings. The summed E-state index contributed by atoms with van der Waals surface area (Å²) >= 11 is 0. The average molecular weight is 381 g/mol. The highest BCUT2D eigenvalue weighted by molar-refractivity contribution is 6.03. The second-order valence-corrected chi connectivity index (χ2v) is 7.24. The number of nitrogens with zero attached hydrogens (tertiary/aromatic N) is 4. The molecule has 0 saturated carbocycles. The number of methoxy groups -OCH3 is 1. The number of anilines is 4. The van der Waals surface area contributed by atoms with Crippen molar-refractivity contribution in [2.75, 3.05) is 55.1 Å². The minimum Gasteiger partial charge on any atom is -0.497 e. The normalized spacial score (nSPS) is 18.5. The molecule has 0 radical (unpaired) electrons. The Hall–Kier alpha value is -2.87. The van der Waals surface area contributed by atoms with E-state index in [1.54, 1.807) is 7.11 Å². The molecule has 8 nitrogen and oxygen atoms in total. The molecular formula is C20H23N5O3. The third kappa shape index (κ3) is 2.93. The van der Waals surface area contributed by atoms with E-state index in [1.807, 2.05) is 23.1 Å². The van der Waals surface area contributed by atoms with Crippen molar-refractivity contribution < 1.29 is 14.3 Å². The summed E-state index contributed by atoms with van der Waals surface area (Å²) in [5, 5.41) is 2.95. The van der Waals surface area contributed by atoms with Crippen LogP contribution < -0.4 is 19.9 Å². The zero-order chi connectivity index (χ0) is 19.1. The molecule has 2 aliphatic heterocycles. The van der Waals surface area contributed by atoms with Crippen molar-refractivity contribution in [3.8, 4) is 5.75 Å². The van der Waals surface area contributed by atoms with Gasteiger partial charge in [-0.1, -0.05) is 0 Å². The van der Waals surface area contributed by atoms with E-state index < -0.39 is 0 Å². The molecule has 1 aromatic heterocycles. The van der Waals surface area contributed by atoms with Crippen LogP contribution in [0.25, 0.3) is 0 Å². The number of aryl methyl sites for hydroxylation is 1. The van der Waals surface area contributed by atoms with E-state index in [2.05, 4.69) is 10.2 Å². The molecule has 8 heteroatoms. The minimum atomic E-state index is -0.0564. The van der Waals surface area contributed by atoms with Gasteiger partial charge in [-0.3, -0.25) is 4.79 Å². The van der Waals surface area contributed by atoms with E-state index in [4.69, 9.17) is 19.4 Å². The highest BCUT2D eigenvalue weighted by Crippen LogP contribution is 2.40. The molecule has 0 bridgehead atoms. The Balaban J connectivity index is 1.61. The average Bonchev–Trinajstić information content (AvgIpc) is 3.21. The zero-order valence-corrected chi connectivity index (χ0v) is 15.9. The lowest BCUT2D eigenvalue weighted by Crippen LogP contribution is -2.39. The van der Waals surface area contributed by atoms with Crippen molar-refractivity contribution in [3.63, 3.8) is 0 Å². The summed E-state index contributed by atoms with van der Waals surface area (Å²) < 4.78 is 10.8. The summed E-state index contributed by atoms with van der Waals surface area (Å²) in [6, 6.07) is 5.74. The smallest absolute Gasteiger partial charge is 0.244 e. The molecule has 1 fully saturated rings. The summed E-state index contributed by atoms with van der Waals surface area (Å²) in [5.41, 5.74) is 3.94. The Morgan fingerprint density at radius 2 is 2.04 bits per heavy atom. The first-order valence-electron chi connectivity index (χ1n) is 9.71. The van der Waals surface area contributed by atoms with Gasteiger partial charge in [-0.25, -0.2) is 4.98 Å². The standard InChI is InChI=1S/C20H23N5O3/c1-27-13-5-6-17-16(11-13)21-18(26)12-25(17)19-14-3-2-4-15(14)22-20(23-19)24-7-9-28-10-8-24/h5-6,11H,2-4,7-10,12H2,1H3,(H,21,26). The van der Waals surface area contributed by atoms with Gasteiger partial charge >= 0.3 is 0 Å². The number of carbonyl (C=O) groups excluding carboxylic acids is 1. The summed E-state index contributed by atoms with van der Waals surface area (Å²) in [6.07, 6.45) is 2.97. The number of hydrogen-bond donors (Lipinski definition) is 1. The van der Waals surface area contributed by atoms with Crippen LogP contribution in [0.3, 0.4) is 0 Å². The fourth-order valence-electron chi connectivity index (χ4n) is 4.11. The van der Waals surface area contributed by atoms with Crippen LogP contribution in [0.15, 0.2) is 18.2 Å². The number of nitrogens with one attached hydrogen (secondary N) is 1. The topological polar surface area (TPSA) is 79.8 Å². The van der Waals surface area contributed by atoms with Gasteiger partial charge in [-0.2, -0.15) is 4.98 Å². The maximum Gasteiger partial charge on any atom is 0.244 e. The maximum atomic E-state index is 12.4. The minimum absolute atomic E-state index is 0.0564. The van der Waals surface area contributed by atoms with E-state index in [0.29, 0.717) is 19.0 Å². The van der Waals surface area contributed by atoms with Gasteiger partial charge in [0.05, 0.1) is 37.4 Å². The Kier molecular flexibility index (Phi) is 4.27. The highest BCUT2D eigenvalue weighted by Gasteiger charge is 2.30. The largest absolute Gasteiger partial charge is 0.497 e. The van der Waals surface area contributed by atoms with Crippen LogP contribution in [-0.4, -0.2) is 55.8 Å². The van der Waals surface area contributed by atoms with E-state index in [-0.39, 0.29) is 12.5 Å². The fraction of sp³-hybridized carbons (Fsp3) is 0.450. The van der Waals surface area contributed by atoms with Crippen LogP contribution in [0.2, 0.25) is 0 Å². The lowest BCUT2D eigenvalue weighted by atomic mass is 10.1. The second kappa shape index (κ2) is 6.94. The highest BCUT2D eigenvalue weighted by atomic mass is 16.5. The van der Waals surface area contributed by atoms with Crippen molar-refractivity contribution in [1.29, 1.82) is 0 Å². The Bertz CT molecular complexity index is 926. The summed E-state index contributed by atoms with van der Waals surface area (Å²) in [7, 11) is 1.62. The van der Waals surface area contributed by atoms with Crippen molar-refractivity contribution in [1.82, 2.24) is 9.97 Å². The van der Waals surface area contributed by atoms with Gasteiger partial charge in [0.15, 0.2) is 0 Å². The molecule has 1 amide bonds. The predicted octanol–water partition coefficient (Wildman–Crippen LogP) is 1.90. The van der Waals surface area contributed by atoms with Crippen molar-refractivity contribution in [2.45, 2.75) is 19.3 Å². The fourth-order valence-corrected chi connectivity index (χ4v) is 4.11. The quantitative estimate of drug-likeness (QED) is 0.870. The predicted molar refractivity (Wildman–Crippen MR) is 106 cm³/mol. The molecule has 3 heterocycles. The van der Waals surface area contributed by atoms with Gasteiger partial charge in [-0.05, 0) is 31.4 Å². The molecule has 0 unspecified atom stereocenters. The number of amides is 1. The zero-order valence-electron chi connectivity index (χ0n) is 15.9. The first-order chi connectivity index (χ1) is 13.7. The van der Waals surface area contributed by atoms with Gasteiger partial charge in [0.2, 0.25) is 11.9 Å². The van der Waals surface area contributed by atoms with Crippen molar-refractivity contribution in [2.24, 2.45) is 0 Å². The number of aromatic nitrogens is 2. The van der Waals surface area contributed by atoms with Crippen LogP contribution in [0.5, 0.6) is 5.75 Å². The second-order valence-electron chi connectivity index (χ2n) is 7.24. The van der Waals surface area contributed by atoms with E-state index in [0.717, 1.165) is 66.8 Å². The first kappa shape index (κ1) is 17.2. The maximum absolute atomic E-state index is 12.4. The molecular weight excluding hydrogens is 358 g/mol. The van der Waals surface area contributed by atoms with Crippen LogP contribution in [-0.2, 0) is 22.4 Å². The molecule has 2 aromatic rings. The number of benzene rings is 1. The van der Waals surface area contributed by atoms with Crippen molar-refractivity contribution >= 4 is 29.0 Å². The van der Waals surface area contributed by atoms with Gasteiger partial charge in [-0.15, -0.1) is 0 Å². The monoisotopic (exact) mass is 381 g/mol. The van der Waals surface area contributed by atoms with Crippen LogP contribution in [0, 0.1) is 0 Å². The van der Waals surface area contributed by atoms with Gasteiger partial charge in [0.25, 0.3) is 0 Å². The van der Waals surface area contributed by atoms with E-state index in [1.165, 1.54) is 0 Å². The third-order valence-electron chi connectivity index (χ3n) is 5.52.